The highest BCUT2D eigenvalue weighted by Crippen LogP contribution is 2.67. The molecule has 0 saturated heterocycles. The third kappa shape index (κ3) is 4.64. The first-order valence-corrected chi connectivity index (χ1v) is 14.4. The Bertz CT molecular complexity index is 677. The molecule has 4 aliphatic carbocycles. The standard InChI is InChI=1S/C23H40O4S.C2H6/c1-22-13-11-21-19(8-6-17-15-18(24)10-12-23(17,21)2)20(22)9-7-16(22)5-3-4-14-28(25,26)27;1-2/h16-21,24H,3-15H2,1-2H3,(H,25,26,27);1-2H3. The lowest BCUT2D eigenvalue weighted by molar-refractivity contribution is -0.127. The first-order chi connectivity index (χ1) is 14.1. The molecular formula is C25H46O4S. The van der Waals surface area contributed by atoms with Crippen LogP contribution in [0.15, 0.2) is 0 Å². The van der Waals surface area contributed by atoms with Crippen molar-refractivity contribution in [1.82, 2.24) is 0 Å². The van der Waals surface area contributed by atoms with Crippen LogP contribution in [0.25, 0.3) is 0 Å². The van der Waals surface area contributed by atoms with Gasteiger partial charge in [-0.3, -0.25) is 4.55 Å². The Hall–Kier alpha value is -0.130. The summed E-state index contributed by atoms with van der Waals surface area (Å²) >= 11 is 0. The van der Waals surface area contributed by atoms with E-state index in [1.54, 1.807) is 0 Å². The van der Waals surface area contributed by atoms with Crippen molar-refractivity contribution in [2.75, 3.05) is 5.75 Å². The molecule has 4 nitrogen and oxygen atoms in total. The van der Waals surface area contributed by atoms with Crippen molar-refractivity contribution in [2.45, 2.75) is 111 Å². The van der Waals surface area contributed by atoms with E-state index in [0.717, 1.165) is 55.3 Å². The van der Waals surface area contributed by atoms with Gasteiger partial charge in [-0.2, -0.15) is 8.42 Å². The van der Waals surface area contributed by atoms with Crippen LogP contribution in [0.4, 0.5) is 0 Å². The maximum absolute atomic E-state index is 11.0. The average molecular weight is 443 g/mol. The van der Waals surface area contributed by atoms with E-state index in [0.29, 0.717) is 17.3 Å². The summed E-state index contributed by atoms with van der Waals surface area (Å²) in [6.45, 7) is 9.08. The van der Waals surface area contributed by atoms with Gasteiger partial charge in [-0.05, 0) is 111 Å². The fourth-order valence-corrected chi connectivity index (χ4v) is 9.06. The first-order valence-electron chi connectivity index (χ1n) is 12.8. The van der Waals surface area contributed by atoms with Crippen molar-refractivity contribution in [3.63, 3.8) is 0 Å². The Morgan fingerprint density at radius 1 is 0.867 bits per heavy atom. The number of fused-ring (bicyclic) bond motifs is 5. The smallest absolute Gasteiger partial charge is 0.264 e. The number of hydrogen-bond donors (Lipinski definition) is 2. The van der Waals surface area contributed by atoms with Crippen molar-refractivity contribution >= 4 is 10.1 Å². The van der Waals surface area contributed by atoms with E-state index in [-0.39, 0.29) is 11.9 Å². The molecule has 4 saturated carbocycles. The quantitative estimate of drug-likeness (QED) is 0.399. The van der Waals surface area contributed by atoms with Crippen LogP contribution in [0.1, 0.15) is 105 Å². The molecule has 4 rings (SSSR count). The molecule has 8 atom stereocenters. The van der Waals surface area contributed by atoms with Gasteiger partial charge in [0.2, 0.25) is 0 Å². The number of hydrogen-bond acceptors (Lipinski definition) is 3. The van der Waals surface area contributed by atoms with Gasteiger partial charge in [0.1, 0.15) is 0 Å². The van der Waals surface area contributed by atoms with Crippen LogP contribution >= 0.6 is 0 Å². The van der Waals surface area contributed by atoms with E-state index in [4.69, 9.17) is 4.55 Å². The number of aliphatic hydroxyl groups is 1. The highest BCUT2D eigenvalue weighted by atomic mass is 32.2. The van der Waals surface area contributed by atoms with Crippen LogP contribution < -0.4 is 0 Å². The Kier molecular flexibility index (Phi) is 7.67. The van der Waals surface area contributed by atoms with E-state index in [9.17, 15) is 13.5 Å². The Morgan fingerprint density at radius 2 is 1.53 bits per heavy atom. The molecule has 0 aliphatic heterocycles. The molecule has 4 fully saturated rings. The molecule has 0 aromatic rings. The number of unbranched alkanes of at least 4 members (excludes halogenated alkanes) is 1. The fraction of sp³-hybridized carbons (Fsp3) is 1.00. The molecule has 8 unspecified atom stereocenters. The topological polar surface area (TPSA) is 74.6 Å². The van der Waals surface area contributed by atoms with Crippen molar-refractivity contribution in [3.05, 3.63) is 0 Å². The summed E-state index contributed by atoms with van der Waals surface area (Å²) in [5, 5.41) is 10.2. The van der Waals surface area contributed by atoms with Gasteiger partial charge in [0, 0.05) is 0 Å². The predicted octanol–water partition coefficient (Wildman–Crippen LogP) is 6.09. The highest BCUT2D eigenvalue weighted by Gasteiger charge is 2.59. The minimum Gasteiger partial charge on any atom is -0.393 e. The zero-order chi connectivity index (χ0) is 22.2. The molecule has 0 heterocycles. The SMILES string of the molecule is CC.CC12CCC3C(CCC4CC(O)CCC43C)C1CCC2CCCCS(=O)(=O)O. The third-order valence-corrected chi connectivity index (χ3v) is 10.8. The lowest BCUT2D eigenvalue weighted by atomic mass is 9.44. The monoisotopic (exact) mass is 442 g/mol. The van der Waals surface area contributed by atoms with E-state index < -0.39 is 10.1 Å². The molecular weight excluding hydrogens is 396 g/mol. The second kappa shape index (κ2) is 9.39. The largest absolute Gasteiger partial charge is 0.393 e. The maximum atomic E-state index is 11.0. The van der Waals surface area contributed by atoms with Gasteiger partial charge in [0.25, 0.3) is 10.1 Å². The average Bonchev–Trinajstić information content (AvgIpc) is 3.03. The predicted molar refractivity (Wildman–Crippen MR) is 123 cm³/mol. The van der Waals surface area contributed by atoms with Crippen molar-refractivity contribution in [2.24, 2.45) is 40.4 Å². The molecule has 0 radical (unpaired) electrons. The van der Waals surface area contributed by atoms with Gasteiger partial charge in [0.05, 0.1) is 11.9 Å². The van der Waals surface area contributed by atoms with Gasteiger partial charge in [-0.1, -0.05) is 34.1 Å². The molecule has 2 N–H and O–H groups in total. The summed E-state index contributed by atoms with van der Waals surface area (Å²) in [7, 11) is -3.81. The zero-order valence-electron chi connectivity index (χ0n) is 19.8. The summed E-state index contributed by atoms with van der Waals surface area (Å²) in [4.78, 5) is 0. The first kappa shape index (κ1) is 24.5. The summed E-state index contributed by atoms with van der Waals surface area (Å²) in [6, 6.07) is 0. The minimum absolute atomic E-state index is 0.0675. The molecule has 0 aromatic heterocycles. The summed E-state index contributed by atoms with van der Waals surface area (Å²) < 4.78 is 30.9. The lowest BCUT2D eigenvalue weighted by Gasteiger charge is -2.61. The van der Waals surface area contributed by atoms with Gasteiger partial charge < -0.3 is 5.11 Å². The number of rotatable bonds is 5. The second-order valence-electron chi connectivity index (χ2n) is 11.2. The Balaban J connectivity index is 0.00000124. The van der Waals surface area contributed by atoms with Crippen molar-refractivity contribution in [1.29, 1.82) is 0 Å². The Labute approximate surface area is 185 Å². The van der Waals surface area contributed by atoms with Crippen LogP contribution in [0.5, 0.6) is 0 Å². The summed E-state index contributed by atoms with van der Waals surface area (Å²) in [5.41, 5.74) is 0.869. The fourth-order valence-electron chi connectivity index (χ4n) is 8.49. The van der Waals surface area contributed by atoms with E-state index in [2.05, 4.69) is 13.8 Å². The van der Waals surface area contributed by atoms with Crippen LogP contribution in [-0.2, 0) is 10.1 Å². The zero-order valence-corrected chi connectivity index (χ0v) is 20.6. The van der Waals surface area contributed by atoms with E-state index in [1.807, 2.05) is 13.8 Å². The molecule has 5 heteroatoms. The molecule has 30 heavy (non-hydrogen) atoms. The molecule has 0 bridgehead atoms. The highest BCUT2D eigenvalue weighted by molar-refractivity contribution is 7.85. The lowest BCUT2D eigenvalue weighted by Crippen LogP contribution is -2.53. The van der Waals surface area contributed by atoms with E-state index in [1.165, 1.54) is 44.9 Å². The Morgan fingerprint density at radius 3 is 2.23 bits per heavy atom. The molecule has 4 aliphatic rings. The van der Waals surface area contributed by atoms with Crippen LogP contribution in [-0.4, -0.2) is 29.9 Å². The van der Waals surface area contributed by atoms with E-state index >= 15 is 0 Å². The van der Waals surface area contributed by atoms with Crippen LogP contribution in [0, 0.1) is 40.4 Å². The third-order valence-electron chi connectivity index (χ3n) is 10.0. The van der Waals surface area contributed by atoms with Crippen LogP contribution in [0.3, 0.4) is 0 Å². The minimum atomic E-state index is -3.81. The van der Waals surface area contributed by atoms with Gasteiger partial charge >= 0.3 is 0 Å². The van der Waals surface area contributed by atoms with Gasteiger partial charge in [-0.15, -0.1) is 0 Å². The molecule has 0 amide bonds. The van der Waals surface area contributed by atoms with Crippen LogP contribution in [0.2, 0.25) is 0 Å². The molecule has 0 aromatic carbocycles. The van der Waals surface area contributed by atoms with Gasteiger partial charge in [0.15, 0.2) is 0 Å². The second-order valence-corrected chi connectivity index (χ2v) is 12.8. The summed E-state index contributed by atoms with van der Waals surface area (Å²) in [6.07, 6.45) is 13.8. The van der Waals surface area contributed by atoms with Gasteiger partial charge in [-0.25, -0.2) is 0 Å². The van der Waals surface area contributed by atoms with Crippen molar-refractivity contribution in [3.8, 4) is 0 Å². The number of aliphatic hydroxyl groups excluding tert-OH is 1. The normalized spacial score (nSPS) is 45.5. The molecule has 0 spiro atoms. The summed E-state index contributed by atoms with van der Waals surface area (Å²) in [5.74, 6) is 3.89. The molecule has 176 valence electrons. The maximum Gasteiger partial charge on any atom is 0.264 e. The van der Waals surface area contributed by atoms with Crippen molar-refractivity contribution < 1.29 is 18.1 Å².